The molecular weight excluding hydrogens is 186 g/mol. The predicted octanol–water partition coefficient (Wildman–Crippen LogP) is 2.78. The molecule has 0 aromatic heterocycles. The van der Waals surface area contributed by atoms with E-state index in [-0.39, 0.29) is 0 Å². The fourth-order valence-electron chi connectivity index (χ4n) is 1.42. The molecule has 0 radical (unpaired) electrons. The van der Waals surface area contributed by atoms with Crippen LogP contribution in [0.15, 0.2) is 36.1 Å². The summed E-state index contributed by atoms with van der Waals surface area (Å²) in [6, 6.07) is 0. The zero-order chi connectivity index (χ0) is 11.1. The Labute approximate surface area is 92.5 Å². The summed E-state index contributed by atoms with van der Waals surface area (Å²) in [6.07, 6.45) is 9.58. The number of nitrogens with two attached hydrogens (primary N) is 1. The minimum Gasteiger partial charge on any atom is -0.493 e. The molecule has 2 nitrogen and oxygen atoms in total. The summed E-state index contributed by atoms with van der Waals surface area (Å²) in [5, 5.41) is 0. The van der Waals surface area contributed by atoms with Crippen molar-refractivity contribution in [3.8, 4) is 0 Å². The van der Waals surface area contributed by atoms with Gasteiger partial charge in [-0.05, 0) is 43.9 Å². The van der Waals surface area contributed by atoms with Gasteiger partial charge in [0, 0.05) is 6.42 Å². The second-order valence-corrected chi connectivity index (χ2v) is 3.86. The number of hydrogen-bond acceptors (Lipinski definition) is 2. The van der Waals surface area contributed by atoms with E-state index in [0.29, 0.717) is 0 Å². The van der Waals surface area contributed by atoms with E-state index < -0.39 is 0 Å². The highest BCUT2D eigenvalue weighted by atomic mass is 16.5. The standard InChI is InChI=1S/C9H12O.C4H9N/c1-3-5-8-6-7-10-9(8)4-2;5-3-4-1-2-4/h3-5H,1,6-7H2,2H3;4H,1-3,5H2/b8-5-,9-4+;. The molecule has 0 bridgehead atoms. The first-order valence-corrected chi connectivity index (χ1v) is 5.63. The first-order valence-electron chi connectivity index (χ1n) is 5.63. The third kappa shape index (κ3) is 4.34. The van der Waals surface area contributed by atoms with Gasteiger partial charge in [-0.1, -0.05) is 18.7 Å². The van der Waals surface area contributed by atoms with Crippen molar-refractivity contribution in [2.45, 2.75) is 26.2 Å². The molecule has 2 aliphatic rings. The van der Waals surface area contributed by atoms with Gasteiger partial charge in [-0.3, -0.25) is 0 Å². The van der Waals surface area contributed by atoms with Crippen LogP contribution in [0, 0.1) is 5.92 Å². The maximum Gasteiger partial charge on any atom is 0.118 e. The van der Waals surface area contributed by atoms with E-state index >= 15 is 0 Å². The van der Waals surface area contributed by atoms with E-state index in [9.17, 15) is 0 Å². The molecule has 0 aromatic rings. The maximum absolute atomic E-state index is 5.31. The van der Waals surface area contributed by atoms with Gasteiger partial charge in [0.25, 0.3) is 0 Å². The van der Waals surface area contributed by atoms with Gasteiger partial charge in [-0.2, -0.15) is 0 Å². The van der Waals surface area contributed by atoms with Crippen molar-refractivity contribution in [1.82, 2.24) is 0 Å². The van der Waals surface area contributed by atoms with E-state index in [1.165, 1.54) is 18.4 Å². The molecule has 1 aliphatic carbocycles. The van der Waals surface area contributed by atoms with Crippen LogP contribution in [0.5, 0.6) is 0 Å². The highest BCUT2D eigenvalue weighted by Crippen LogP contribution is 2.26. The first kappa shape index (κ1) is 12.1. The Balaban J connectivity index is 0.000000187. The van der Waals surface area contributed by atoms with Crippen LogP contribution in [0.1, 0.15) is 26.2 Å². The molecule has 0 aromatic carbocycles. The highest BCUT2D eigenvalue weighted by molar-refractivity contribution is 5.31. The van der Waals surface area contributed by atoms with Gasteiger partial charge in [0.05, 0.1) is 6.61 Å². The molecule has 1 heterocycles. The summed E-state index contributed by atoms with van der Waals surface area (Å²) in [6.45, 7) is 7.35. The fraction of sp³-hybridized carbons (Fsp3) is 0.538. The van der Waals surface area contributed by atoms with Crippen LogP contribution in [-0.2, 0) is 4.74 Å². The topological polar surface area (TPSA) is 35.2 Å². The van der Waals surface area contributed by atoms with Crippen molar-refractivity contribution >= 4 is 0 Å². The van der Waals surface area contributed by atoms with Crippen LogP contribution in [0.4, 0.5) is 0 Å². The second kappa shape index (κ2) is 6.46. The second-order valence-electron chi connectivity index (χ2n) is 3.86. The third-order valence-electron chi connectivity index (χ3n) is 2.56. The smallest absolute Gasteiger partial charge is 0.118 e. The Morgan fingerprint density at radius 3 is 2.67 bits per heavy atom. The van der Waals surface area contributed by atoms with Crippen molar-refractivity contribution in [2.24, 2.45) is 11.7 Å². The fourth-order valence-corrected chi connectivity index (χ4v) is 1.42. The van der Waals surface area contributed by atoms with Crippen LogP contribution >= 0.6 is 0 Å². The number of allylic oxidation sites excluding steroid dienone is 4. The van der Waals surface area contributed by atoms with Gasteiger partial charge in [0.2, 0.25) is 0 Å². The quantitative estimate of drug-likeness (QED) is 0.755. The minimum absolute atomic E-state index is 0.819. The predicted molar refractivity (Wildman–Crippen MR) is 64.4 cm³/mol. The first-order chi connectivity index (χ1) is 7.31. The Hall–Kier alpha value is -1.02. The molecule has 0 amide bonds. The zero-order valence-electron chi connectivity index (χ0n) is 9.54. The van der Waals surface area contributed by atoms with Crippen LogP contribution in [0.25, 0.3) is 0 Å². The Bertz CT molecular complexity index is 262. The summed E-state index contributed by atoms with van der Waals surface area (Å²) < 4.78 is 5.31. The molecule has 1 aliphatic heterocycles. The lowest BCUT2D eigenvalue weighted by molar-refractivity contribution is 0.265. The van der Waals surface area contributed by atoms with E-state index in [1.807, 2.05) is 19.1 Å². The summed E-state index contributed by atoms with van der Waals surface area (Å²) in [5.74, 6) is 1.93. The Morgan fingerprint density at radius 2 is 2.27 bits per heavy atom. The zero-order valence-corrected chi connectivity index (χ0v) is 9.54. The largest absolute Gasteiger partial charge is 0.493 e. The van der Waals surface area contributed by atoms with Crippen molar-refractivity contribution in [3.05, 3.63) is 36.1 Å². The lowest BCUT2D eigenvalue weighted by atomic mass is 10.2. The SMILES string of the molecule is C=C/C=C1/CCO/C1=C/C.NCC1CC1. The summed E-state index contributed by atoms with van der Waals surface area (Å²) in [4.78, 5) is 0. The minimum atomic E-state index is 0.819. The molecule has 2 rings (SSSR count). The van der Waals surface area contributed by atoms with Crippen LogP contribution in [-0.4, -0.2) is 13.2 Å². The van der Waals surface area contributed by atoms with Crippen molar-refractivity contribution in [2.75, 3.05) is 13.2 Å². The summed E-state index contributed by atoms with van der Waals surface area (Å²) in [7, 11) is 0. The number of rotatable bonds is 2. The van der Waals surface area contributed by atoms with E-state index in [4.69, 9.17) is 10.5 Å². The van der Waals surface area contributed by atoms with Crippen LogP contribution in [0.2, 0.25) is 0 Å². The average Bonchev–Trinajstić information content (AvgIpc) is 3.00. The molecular formula is C13H21NO. The summed E-state index contributed by atoms with van der Waals surface area (Å²) >= 11 is 0. The normalized spacial score (nSPS) is 24.7. The molecule has 0 spiro atoms. The monoisotopic (exact) mass is 207 g/mol. The highest BCUT2D eigenvalue weighted by Gasteiger charge is 2.17. The Morgan fingerprint density at radius 1 is 1.53 bits per heavy atom. The van der Waals surface area contributed by atoms with Crippen molar-refractivity contribution in [3.63, 3.8) is 0 Å². The molecule has 1 saturated heterocycles. The van der Waals surface area contributed by atoms with Crippen molar-refractivity contribution < 1.29 is 4.74 Å². The Kier molecular flexibility index (Phi) is 5.19. The molecule has 0 unspecified atom stereocenters. The molecule has 1 saturated carbocycles. The van der Waals surface area contributed by atoms with Gasteiger partial charge in [-0.25, -0.2) is 0 Å². The van der Waals surface area contributed by atoms with Gasteiger partial charge >= 0.3 is 0 Å². The number of ether oxygens (including phenoxy) is 1. The van der Waals surface area contributed by atoms with Gasteiger partial charge in [-0.15, -0.1) is 0 Å². The van der Waals surface area contributed by atoms with E-state index in [2.05, 4.69) is 6.58 Å². The van der Waals surface area contributed by atoms with Crippen molar-refractivity contribution in [1.29, 1.82) is 0 Å². The third-order valence-corrected chi connectivity index (χ3v) is 2.56. The number of hydrogen-bond donors (Lipinski definition) is 1. The molecule has 2 heteroatoms. The molecule has 2 fully saturated rings. The van der Waals surface area contributed by atoms with Gasteiger partial charge < -0.3 is 10.5 Å². The van der Waals surface area contributed by atoms with E-state index in [1.54, 1.807) is 6.08 Å². The van der Waals surface area contributed by atoms with Crippen LogP contribution in [0.3, 0.4) is 0 Å². The summed E-state index contributed by atoms with van der Waals surface area (Å²) in [5.41, 5.74) is 6.50. The van der Waals surface area contributed by atoms with Gasteiger partial charge in [0.15, 0.2) is 0 Å². The molecule has 0 atom stereocenters. The molecule has 15 heavy (non-hydrogen) atoms. The molecule has 2 N–H and O–H groups in total. The lowest BCUT2D eigenvalue weighted by Gasteiger charge is -1.95. The average molecular weight is 207 g/mol. The lowest BCUT2D eigenvalue weighted by Crippen LogP contribution is -1.98. The molecule has 84 valence electrons. The van der Waals surface area contributed by atoms with Crippen LogP contribution < -0.4 is 5.73 Å². The van der Waals surface area contributed by atoms with Gasteiger partial charge in [0.1, 0.15) is 5.76 Å². The maximum atomic E-state index is 5.31. The van der Waals surface area contributed by atoms with E-state index in [0.717, 1.165) is 31.2 Å².